The van der Waals surface area contributed by atoms with E-state index in [0.717, 1.165) is 17.0 Å². The lowest BCUT2D eigenvalue weighted by molar-refractivity contribution is 0.262. The molecule has 0 unspecified atom stereocenters. The molecule has 0 saturated heterocycles. The number of carbonyl (C=O) groups excluding carboxylic acids is 1. The zero-order valence-electron chi connectivity index (χ0n) is 13.7. The number of nitrogens with one attached hydrogen (secondary N) is 3. The quantitative estimate of drug-likeness (QED) is 0.569. The van der Waals surface area contributed by atoms with Gasteiger partial charge < -0.3 is 26.1 Å². The number of hydrogen-bond acceptors (Lipinski definition) is 4. The number of anilines is 3. The predicted octanol–water partition coefficient (Wildman–Crippen LogP) is 3.70. The third-order valence-corrected chi connectivity index (χ3v) is 3.45. The molecule has 1 heterocycles. The average molecular weight is 337 g/mol. The number of ether oxygens (including phenoxy) is 1. The first-order chi connectivity index (χ1) is 12.1. The third-order valence-electron chi connectivity index (χ3n) is 3.45. The van der Waals surface area contributed by atoms with E-state index in [-0.39, 0.29) is 6.03 Å². The molecular formula is C18H19N5O2. The molecule has 0 atom stereocenters. The topological polar surface area (TPSA) is 105 Å². The van der Waals surface area contributed by atoms with Crippen LogP contribution in [0.2, 0.25) is 0 Å². The van der Waals surface area contributed by atoms with E-state index in [1.807, 2.05) is 37.3 Å². The van der Waals surface area contributed by atoms with Crippen molar-refractivity contribution in [2.75, 3.05) is 23.0 Å². The fourth-order valence-electron chi connectivity index (χ4n) is 2.34. The van der Waals surface area contributed by atoms with Crippen molar-refractivity contribution >= 4 is 23.4 Å². The lowest BCUT2D eigenvalue weighted by Crippen LogP contribution is -2.19. The van der Waals surface area contributed by atoms with Gasteiger partial charge in [0.1, 0.15) is 5.75 Å². The number of H-pyrrole nitrogens is 1. The fraction of sp³-hybridized carbons (Fsp3) is 0.111. The van der Waals surface area contributed by atoms with E-state index in [1.165, 1.54) is 0 Å². The average Bonchev–Trinajstić information content (AvgIpc) is 3.04. The largest absolute Gasteiger partial charge is 0.494 e. The van der Waals surface area contributed by atoms with Gasteiger partial charge in [0.05, 0.1) is 18.5 Å². The summed E-state index contributed by atoms with van der Waals surface area (Å²) in [5.41, 5.74) is 8.60. The van der Waals surface area contributed by atoms with Crippen LogP contribution in [0.5, 0.6) is 5.75 Å². The summed E-state index contributed by atoms with van der Waals surface area (Å²) in [5, 5.41) is 5.58. The molecular weight excluding hydrogens is 318 g/mol. The number of carbonyl (C=O) groups is 1. The lowest BCUT2D eigenvalue weighted by atomic mass is 10.1. The SMILES string of the molecule is CCOc1ccc(NC(=O)Nc2cccc(-c3cnc(N)[nH]3)c2)cc1. The first-order valence-corrected chi connectivity index (χ1v) is 7.86. The normalized spacial score (nSPS) is 10.3. The molecule has 5 N–H and O–H groups in total. The Morgan fingerprint density at radius 2 is 1.92 bits per heavy atom. The van der Waals surface area contributed by atoms with Gasteiger partial charge in [-0.25, -0.2) is 9.78 Å². The van der Waals surface area contributed by atoms with E-state index in [0.29, 0.717) is 23.9 Å². The molecule has 0 radical (unpaired) electrons. The highest BCUT2D eigenvalue weighted by Gasteiger charge is 2.06. The number of aromatic amines is 1. The first-order valence-electron chi connectivity index (χ1n) is 7.86. The molecule has 2 aromatic carbocycles. The van der Waals surface area contributed by atoms with E-state index >= 15 is 0 Å². The summed E-state index contributed by atoms with van der Waals surface area (Å²) >= 11 is 0. The van der Waals surface area contributed by atoms with Crippen LogP contribution >= 0.6 is 0 Å². The van der Waals surface area contributed by atoms with Crippen molar-refractivity contribution in [3.8, 4) is 17.0 Å². The summed E-state index contributed by atoms with van der Waals surface area (Å²) < 4.78 is 5.37. The zero-order chi connectivity index (χ0) is 17.6. The van der Waals surface area contributed by atoms with E-state index in [9.17, 15) is 4.79 Å². The summed E-state index contributed by atoms with van der Waals surface area (Å²) in [6, 6.07) is 14.3. The van der Waals surface area contributed by atoms with Crippen LogP contribution in [0.1, 0.15) is 6.92 Å². The van der Waals surface area contributed by atoms with Gasteiger partial charge in [0.15, 0.2) is 5.95 Å². The number of aromatic nitrogens is 2. The van der Waals surface area contributed by atoms with Crippen molar-refractivity contribution in [2.45, 2.75) is 6.92 Å². The second-order valence-electron chi connectivity index (χ2n) is 5.30. The van der Waals surface area contributed by atoms with Crippen molar-refractivity contribution in [3.63, 3.8) is 0 Å². The number of rotatable bonds is 5. The van der Waals surface area contributed by atoms with Gasteiger partial charge in [0.2, 0.25) is 0 Å². The second-order valence-corrected chi connectivity index (χ2v) is 5.30. The van der Waals surface area contributed by atoms with E-state index in [2.05, 4.69) is 20.6 Å². The van der Waals surface area contributed by atoms with Gasteiger partial charge in [0.25, 0.3) is 0 Å². The van der Waals surface area contributed by atoms with Gasteiger partial charge in [-0.15, -0.1) is 0 Å². The Morgan fingerprint density at radius 3 is 2.60 bits per heavy atom. The number of nitrogens with two attached hydrogens (primary N) is 1. The third kappa shape index (κ3) is 4.29. The van der Waals surface area contributed by atoms with E-state index in [4.69, 9.17) is 10.5 Å². The minimum Gasteiger partial charge on any atom is -0.494 e. The van der Waals surface area contributed by atoms with Gasteiger partial charge in [0, 0.05) is 16.9 Å². The Bertz CT molecular complexity index is 858. The Hall–Kier alpha value is -3.48. The number of hydrogen-bond donors (Lipinski definition) is 4. The zero-order valence-corrected chi connectivity index (χ0v) is 13.7. The molecule has 25 heavy (non-hydrogen) atoms. The van der Waals surface area contributed by atoms with Crippen LogP contribution in [-0.2, 0) is 0 Å². The Balaban J connectivity index is 1.64. The molecule has 7 heteroatoms. The maximum absolute atomic E-state index is 12.2. The number of amides is 2. The molecule has 1 aromatic heterocycles. The smallest absolute Gasteiger partial charge is 0.323 e. The van der Waals surface area contributed by atoms with E-state index < -0.39 is 0 Å². The molecule has 0 bridgehead atoms. The summed E-state index contributed by atoms with van der Waals surface area (Å²) in [4.78, 5) is 19.1. The summed E-state index contributed by atoms with van der Waals surface area (Å²) in [6.45, 7) is 2.52. The van der Waals surface area contributed by atoms with Crippen molar-refractivity contribution in [3.05, 3.63) is 54.7 Å². The monoisotopic (exact) mass is 337 g/mol. The van der Waals surface area contributed by atoms with Crippen LogP contribution in [0.15, 0.2) is 54.7 Å². The van der Waals surface area contributed by atoms with Crippen LogP contribution < -0.4 is 21.1 Å². The highest BCUT2D eigenvalue weighted by atomic mass is 16.5. The number of benzene rings is 2. The molecule has 0 spiro atoms. The number of urea groups is 1. The van der Waals surface area contributed by atoms with Crippen LogP contribution in [0.3, 0.4) is 0 Å². The molecule has 0 aliphatic carbocycles. The predicted molar refractivity (Wildman–Crippen MR) is 98.7 cm³/mol. The molecule has 0 aliphatic rings. The van der Waals surface area contributed by atoms with Gasteiger partial charge in [-0.2, -0.15) is 0 Å². The van der Waals surface area contributed by atoms with Crippen LogP contribution in [0.25, 0.3) is 11.3 Å². The lowest BCUT2D eigenvalue weighted by Gasteiger charge is -2.09. The molecule has 7 nitrogen and oxygen atoms in total. The molecule has 0 saturated carbocycles. The highest BCUT2D eigenvalue weighted by molar-refractivity contribution is 6.00. The number of nitrogen functional groups attached to an aromatic ring is 1. The first kappa shape index (κ1) is 16.4. The number of imidazole rings is 1. The highest BCUT2D eigenvalue weighted by Crippen LogP contribution is 2.22. The summed E-state index contributed by atoms with van der Waals surface area (Å²) in [5.74, 6) is 1.11. The molecule has 0 aliphatic heterocycles. The standard InChI is InChI=1S/C18H19N5O2/c1-2-25-15-8-6-13(7-9-15)21-18(24)22-14-5-3-4-12(10-14)16-11-20-17(19)23-16/h3-11H,2H2,1H3,(H3,19,20,23)(H2,21,22,24). The maximum Gasteiger partial charge on any atom is 0.323 e. The molecule has 3 aromatic rings. The fourth-order valence-corrected chi connectivity index (χ4v) is 2.34. The number of nitrogens with zero attached hydrogens (tertiary/aromatic N) is 1. The van der Waals surface area contributed by atoms with Gasteiger partial charge in [-0.3, -0.25) is 0 Å². The Kier molecular flexibility index (Phi) is 4.84. The minimum absolute atomic E-state index is 0.328. The Morgan fingerprint density at radius 1 is 1.16 bits per heavy atom. The van der Waals surface area contributed by atoms with Crippen LogP contribution in [0.4, 0.5) is 22.1 Å². The van der Waals surface area contributed by atoms with Crippen molar-refractivity contribution in [2.24, 2.45) is 0 Å². The van der Waals surface area contributed by atoms with Gasteiger partial charge >= 0.3 is 6.03 Å². The van der Waals surface area contributed by atoms with Crippen molar-refractivity contribution in [1.82, 2.24) is 9.97 Å². The van der Waals surface area contributed by atoms with Crippen LogP contribution in [0, 0.1) is 0 Å². The van der Waals surface area contributed by atoms with Crippen molar-refractivity contribution < 1.29 is 9.53 Å². The maximum atomic E-state index is 12.2. The minimum atomic E-state index is -0.328. The van der Waals surface area contributed by atoms with Crippen LogP contribution in [-0.4, -0.2) is 22.6 Å². The Labute approximate surface area is 145 Å². The van der Waals surface area contributed by atoms with Crippen molar-refractivity contribution in [1.29, 1.82) is 0 Å². The second kappa shape index (κ2) is 7.39. The van der Waals surface area contributed by atoms with Gasteiger partial charge in [-0.05, 0) is 43.3 Å². The molecule has 3 rings (SSSR count). The van der Waals surface area contributed by atoms with Gasteiger partial charge in [-0.1, -0.05) is 12.1 Å². The summed E-state index contributed by atoms with van der Waals surface area (Å²) in [6.07, 6.45) is 1.65. The molecule has 0 fully saturated rings. The van der Waals surface area contributed by atoms with E-state index in [1.54, 1.807) is 24.4 Å². The molecule has 128 valence electrons. The molecule has 2 amide bonds. The summed E-state index contributed by atoms with van der Waals surface area (Å²) in [7, 11) is 0.